The van der Waals surface area contributed by atoms with E-state index in [4.69, 9.17) is 0 Å². The fourth-order valence-corrected chi connectivity index (χ4v) is 6.68. The molecule has 35 heavy (non-hydrogen) atoms. The number of carbonyl (C=O) groups excluding carboxylic acids is 2. The molecule has 0 aromatic carbocycles. The van der Waals surface area contributed by atoms with E-state index in [1.54, 1.807) is 34.8 Å². The number of amides is 3. The predicted molar refractivity (Wildman–Crippen MR) is 130 cm³/mol. The fourth-order valence-electron chi connectivity index (χ4n) is 5.15. The van der Waals surface area contributed by atoms with Crippen LogP contribution >= 0.6 is 0 Å². The van der Waals surface area contributed by atoms with Gasteiger partial charge in [-0.05, 0) is 64.4 Å². The Bertz CT molecular complexity index is 1260. The van der Waals surface area contributed by atoms with Crippen molar-refractivity contribution in [1.29, 1.82) is 0 Å². The van der Waals surface area contributed by atoms with Crippen LogP contribution in [0.3, 0.4) is 0 Å². The van der Waals surface area contributed by atoms with Gasteiger partial charge in [-0.25, -0.2) is 17.9 Å². The smallest absolute Gasteiger partial charge is 0.306 e. The molecule has 0 bridgehead atoms. The number of hydrogen-bond acceptors (Lipinski definition) is 6. The molecule has 11 heteroatoms. The minimum Gasteiger partial charge on any atom is -0.306 e. The first kappa shape index (κ1) is 24.1. The summed E-state index contributed by atoms with van der Waals surface area (Å²) in [5.41, 5.74) is 0.865. The molecule has 1 aromatic rings. The Kier molecular flexibility index (Phi) is 6.05. The van der Waals surface area contributed by atoms with Crippen LogP contribution in [0.15, 0.2) is 35.5 Å². The van der Waals surface area contributed by atoms with Gasteiger partial charge in [0.25, 0.3) is 0 Å². The number of fused-ring (bicyclic) bond motifs is 1. The minimum absolute atomic E-state index is 0.0701. The molecular weight excluding hydrogens is 468 g/mol. The van der Waals surface area contributed by atoms with Gasteiger partial charge in [0.05, 0.1) is 17.6 Å². The molecular formula is C24H33N6O4S+. The Balaban J connectivity index is 1.50. The van der Waals surface area contributed by atoms with Crippen molar-refractivity contribution in [2.24, 2.45) is 18.9 Å². The minimum atomic E-state index is -3.77. The Labute approximate surface area is 206 Å². The van der Waals surface area contributed by atoms with E-state index in [9.17, 15) is 18.0 Å². The molecule has 188 valence electrons. The van der Waals surface area contributed by atoms with E-state index in [2.05, 4.69) is 21.8 Å². The SMILES string of the molecule is CN1CCCC(C[N+]2=C3C=CC(S(=O)(=O)NC4(C)CC4)=CC3C(=O)N(Cc3cnn(C)c3)C2=O)C1. The van der Waals surface area contributed by atoms with Crippen LogP contribution in [0, 0.1) is 11.8 Å². The molecule has 1 aromatic heterocycles. The molecule has 2 unspecified atom stereocenters. The number of sulfonamides is 1. The van der Waals surface area contributed by atoms with Crippen molar-refractivity contribution in [1.82, 2.24) is 24.3 Å². The first-order valence-corrected chi connectivity index (χ1v) is 13.6. The van der Waals surface area contributed by atoms with Crippen molar-refractivity contribution in [3.63, 3.8) is 0 Å². The monoisotopic (exact) mass is 501 g/mol. The molecule has 0 radical (unpaired) electrons. The zero-order valence-electron chi connectivity index (χ0n) is 20.5. The summed E-state index contributed by atoms with van der Waals surface area (Å²) in [6.45, 7) is 4.36. The van der Waals surface area contributed by atoms with Crippen LogP contribution in [0.4, 0.5) is 4.79 Å². The highest BCUT2D eigenvalue weighted by molar-refractivity contribution is 7.93. The summed E-state index contributed by atoms with van der Waals surface area (Å²) >= 11 is 0. The molecule has 4 aliphatic rings. The lowest BCUT2D eigenvalue weighted by atomic mass is 9.92. The van der Waals surface area contributed by atoms with Gasteiger partial charge in [-0.3, -0.25) is 4.68 Å². The van der Waals surface area contributed by atoms with Crippen molar-refractivity contribution < 1.29 is 22.6 Å². The van der Waals surface area contributed by atoms with Crippen molar-refractivity contribution in [2.75, 3.05) is 26.7 Å². The third-order valence-corrected chi connectivity index (χ3v) is 8.98. The number of imide groups is 1. The number of aryl methyl sites for hydroxylation is 1. The van der Waals surface area contributed by atoms with Crippen LogP contribution < -0.4 is 4.72 Å². The fraction of sp³-hybridized carbons (Fsp3) is 0.583. The molecule has 0 spiro atoms. The van der Waals surface area contributed by atoms with Crippen molar-refractivity contribution >= 4 is 27.7 Å². The summed E-state index contributed by atoms with van der Waals surface area (Å²) in [4.78, 5) is 30.7. The zero-order chi connectivity index (χ0) is 25.0. The quantitative estimate of drug-likeness (QED) is 0.563. The number of nitrogens with zero attached hydrogens (tertiary/aromatic N) is 5. The topological polar surface area (TPSA) is 108 Å². The predicted octanol–water partition coefficient (Wildman–Crippen LogP) is 1.22. The highest BCUT2D eigenvalue weighted by atomic mass is 32.2. The lowest BCUT2D eigenvalue weighted by molar-refractivity contribution is -0.450. The van der Waals surface area contributed by atoms with Gasteiger partial charge < -0.3 is 4.90 Å². The van der Waals surface area contributed by atoms with Gasteiger partial charge in [0.1, 0.15) is 18.2 Å². The highest BCUT2D eigenvalue weighted by Gasteiger charge is 2.49. The Morgan fingerprint density at radius 1 is 1.23 bits per heavy atom. The maximum Gasteiger partial charge on any atom is 0.501 e. The first-order valence-electron chi connectivity index (χ1n) is 12.1. The number of carbonyl (C=O) groups is 2. The van der Waals surface area contributed by atoms with Crippen LogP contribution in [-0.2, 0) is 28.4 Å². The van der Waals surface area contributed by atoms with E-state index in [0.29, 0.717) is 12.3 Å². The summed E-state index contributed by atoms with van der Waals surface area (Å²) in [5.74, 6) is -0.979. The van der Waals surface area contributed by atoms with Gasteiger partial charge in [0.15, 0.2) is 0 Å². The van der Waals surface area contributed by atoms with Gasteiger partial charge in [-0.15, -0.1) is 0 Å². The number of urea groups is 1. The number of aromatic nitrogens is 2. The van der Waals surface area contributed by atoms with E-state index >= 15 is 0 Å². The molecule has 2 atom stereocenters. The van der Waals surface area contributed by atoms with Crippen molar-refractivity contribution in [3.05, 3.63) is 41.1 Å². The molecule has 2 aliphatic carbocycles. The van der Waals surface area contributed by atoms with Gasteiger partial charge in [-0.1, -0.05) is 0 Å². The van der Waals surface area contributed by atoms with Crippen molar-refractivity contribution in [2.45, 2.75) is 44.7 Å². The second-order valence-corrected chi connectivity index (χ2v) is 12.3. The number of rotatable bonds is 7. The Morgan fingerprint density at radius 2 is 2.00 bits per heavy atom. The van der Waals surface area contributed by atoms with Crippen LogP contribution in [-0.4, -0.2) is 82.4 Å². The standard InChI is InChI=1S/C24H33N6O4S/c1-24(8-9-24)26-35(33,34)19-6-7-21-20(11-19)22(31)30(16-18-12-25-28(3)14-18)23(32)29(21)15-17-5-4-10-27(2)13-17/h6-7,11-12,14,17,20,26H,4-5,8-10,13,15-16H2,1-3H3/q+1. The van der Waals surface area contributed by atoms with Crippen LogP contribution in [0.2, 0.25) is 0 Å². The molecule has 1 saturated carbocycles. The molecule has 1 N–H and O–H groups in total. The Morgan fingerprint density at radius 3 is 2.66 bits per heavy atom. The highest BCUT2D eigenvalue weighted by Crippen LogP contribution is 2.36. The van der Waals surface area contributed by atoms with Gasteiger partial charge in [-0.2, -0.15) is 19.4 Å². The van der Waals surface area contributed by atoms with E-state index in [1.165, 1.54) is 17.1 Å². The number of likely N-dealkylation sites (tertiary alicyclic amines) is 1. The van der Waals surface area contributed by atoms with Crippen molar-refractivity contribution in [3.8, 4) is 0 Å². The number of allylic oxidation sites excluding steroid dienone is 2. The van der Waals surface area contributed by atoms with Crippen LogP contribution in [0.25, 0.3) is 0 Å². The molecule has 3 heterocycles. The maximum absolute atomic E-state index is 13.6. The van der Waals surface area contributed by atoms with E-state index in [-0.39, 0.29) is 23.4 Å². The molecule has 5 rings (SSSR count). The molecule has 2 fully saturated rings. The first-order chi connectivity index (χ1) is 16.5. The number of piperidine rings is 1. The normalized spacial score (nSPS) is 26.7. The van der Waals surface area contributed by atoms with Gasteiger partial charge in [0.2, 0.25) is 10.0 Å². The lowest BCUT2D eigenvalue weighted by Crippen LogP contribution is -2.55. The third-order valence-electron chi connectivity index (χ3n) is 7.33. The van der Waals surface area contributed by atoms with Crippen LogP contribution in [0.1, 0.15) is 38.2 Å². The zero-order valence-corrected chi connectivity index (χ0v) is 21.3. The average Bonchev–Trinajstić information content (AvgIpc) is 3.37. The lowest BCUT2D eigenvalue weighted by Gasteiger charge is -2.32. The second-order valence-electron chi connectivity index (χ2n) is 10.6. The van der Waals surface area contributed by atoms with E-state index < -0.39 is 27.4 Å². The van der Waals surface area contributed by atoms with Gasteiger partial charge >= 0.3 is 11.9 Å². The summed E-state index contributed by atoms with van der Waals surface area (Å²) in [5, 5.41) is 4.15. The van der Waals surface area contributed by atoms with E-state index in [1.807, 2.05) is 6.92 Å². The summed E-state index contributed by atoms with van der Waals surface area (Å²) in [6.07, 6.45) is 11.7. The summed E-state index contributed by atoms with van der Waals surface area (Å²) in [6, 6.07) is -0.369. The van der Waals surface area contributed by atoms with E-state index in [0.717, 1.165) is 44.3 Å². The number of nitrogens with one attached hydrogen (secondary N) is 1. The van der Waals surface area contributed by atoms with Crippen LogP contribution in [0.5, 0.6) is 0 Å². The maximum atomic E-state index is 13.6. The molecule has 2 aliphatic heterocycles. The summed E-state index contributed by atoms with van der Waals surface area (Å²) in [7, 11) is 0.0793. The largest absolute Gasteiger partial charge is 0.501 e. The average molecular weight is 502 g/mol. The molecule has 10 nitrogen and oxygen atoms in total. The third kappa shape index (κ3) is 4.89. The number of hydrogen-bond donors (Lipinski definition) is 1. The second kappa shape index (κ2) is 8.79. The Hall–Kier alpha value is -2.63. The van der Waals surface area contributed by atoms with Gasteiger partial charge in [0, 0.05) is 36.8 Å². The molecule has 1 saturated heterocycles. The molecule has 3 amide bonds. The summed E-state index contributed by atoms with van der Waals surface area (Å²) < 4.78 is 32.1.